The molecule has 3 rings (SSSR count). The number of halogens is 2. The first-order chi connectivity index (χ1) is 19.4. The lowest BCUT2D eigenvalue weighted by atomic mass is 10.1. The molecule has 0 aliphatic rings. The highest BCUT2D eigenvalue weighted by atomic mass is 35.5. The van der Waals surface area contributed by atoms with Crippen LogP contribution in [0.1, 0.15) is 50.3 Å². The summed E-state index contributed by atoms with van der Waals surface area (Å²) in [5.74, 6) is -0.848. The van der Waals surface area contributed by atoms with Crippen molar-refractivity contribution in [2.75, 3.05) is 10.8 Å². The number of carbonyl (C=O) groups is 2. The van der Waals surface area contributed by atoms with E-state index in [1.807, 2.05) is 27.7 Å². The lowest BCUT2D eigenvalue weighted by Gasteiger charge is -2.34. The Kier molecular flexibility index (Phi) is 11.2. The van der Waals surface area contributed by atoms with Crippen molar-refractivity contribution in [1.82, 2.24) is 10.2 Å². The molecule has 10 heteroatoms. The van der Waals surface area contributed by atoms with Gasteiger partial charge >= 0.3 is 0 Å². The molecular formula is C31H37Cl2N3O4S. The second-order valence-corrected chi connectivity index (χ2v) is 12.8. The van der Waals surface area contributed by atoms with E-state index >= 15 is 0 Å². The van der Waals surface area contributed by atoms with Crippen molar-refractivity contribution < 1.29 is 18.0 Å². The number of benzene rings is 3. The van der Waals surface area contributed by atoms with Crippen LogP contribution in [-0.4, -0.2) is 43.8 Å². The molecule has 0 fully saturated rings. The Hall–Kier alpha value is -3.07. The van der Waals surface area contributed by atoms with Gasteiger partial charge in [-0.1, -0.05) is 72.9 Å². The van der Waals surface area contributed by atoms with Crippen LogP contribution in [-0.2, 0) is 26.2 Å². The van der Waals surface area contributed by atoms with Gasteiger partial charge in [-0.2, -0.15) is 0 Å². The number of nitrogens with zero attached hydrogens (tertiary/aromatic N) is 2. The molecule has 2 amide bonds. The predicted octanol–water partition coefficient (Wildman–Crippen LogP) is 6.53. The molecule has 0 aliphatic carbocycles. The Morgan fingerprint density at radius 1 is 0.927 bits per heavy atom. The summed E-state index contributed by atoms with van der Waals surface area (Å²) in [6, 6.07) is 17.4. The molecule has 0 bridgehead atoms. The van der Waals surface area contributed by atoms with E-state index in [2.05, 4.69) is 5.32 Å². The molecule has 3 aromatic carbocycles. The molecule has 2 atom stereocenters. The van der Waals surface area contributed by atoms with Crippen LogP contribution in [0.5, 0.6) is 0 Å². The first kappa shape index (κ1) is 32.4. The zero-order valence-corrected chi connectivity index (χ0v) is 26.4. The standard InChI is InChI=1S/C31H37Cl2N3O4S/c1-6-23(5)34-31(38)28(7-2)35(19-24-10-8-9-11-27(24)33)30(37)20-36(29-17-14-25(32)18-22(29)4)41(39,40)26-15-12-21(3)13-16-26/h8-18,23,28H,6-7,19-20H2,1-5H3,(H,34,38)/t23-,28-/m1/s1. The number of sulfonamides is 1. The Morgan fingerprint density at radius 2 is 1.59 bits per heavy atom. The summed E-state index contributed by atoms with van der Waals surface area (Å²) in [6.07, 6.45) is 1.04. The minimum Gasteiger partial charge on any atom is -0.352 e. The Labute approximate surface area is 253 Å². The third-order valence-corrected chi connectivity index (χ3v) is 9.38. The van der Waals surface area contributed by atoms with Gasteiger partial charge in [0.1, 0.15) is 12.6 Å². The van der Waals surface area contributed by atoms with Crippen LogP contribution >= 0.6 is 23.2 Å². The summed E-state index contributed by atoms with van der Waals surface area (Å²) in [6.45, 7) is 8.77. The van der Waals surface area contributed by atoms with E-state index in [0.29, 0.717) is 33.3 Å². The molecule has 0 aromatic heterocycles. The number of amides is 2. The van der Waals surface area contributed by atoms with E-state index in [4.69, 9.17) is 23.2 Å². The van der Waals surface area contributed by atoms with Crippen molar-refractivity contribution in [2.24, 2.45) is 0 Å². The smallest absolute Gasteiger partial charge is 0.264 e. The van der Waals surface area contributed by atoms with Gasteiger partial charge in [-0.3, -0.25) is 13.9 Å². The lowest BCUT2D eigenvalue weighted by molar-refractivity contribution is -0.140. The van der Waals surface area contributed by atoms with Gasteiger partial charge in [0, 0.05) is 22.6 Å². The topological polar surface area (TPSA) is 86.8 Å². The monoisotopic (exact) mass is 617 g/mol. The molecule has 1 N–H and O–H groups in total. The van der Waals surface area contributed by atoms with Gasteiger partial charge in [-0.05, 0) is 81.1 Å². The quantitative estimate of drug-likeness (QED) is 0.250. The summed E-state index contributed by atoms with van der Waals surface area (Å²) < 4.78 is 29.2. The van der Waals surface area contributed by atoms with Gasteiger partial charge in [0.25, 0.3) is 10.0 Å². The summed E-state index contributed by atoms with van der Waals surface area (Å²) in [4.78, 5) is 29.0. The third-order valence-electron chi connectivity index (χ3n) is 7.00. The van der Waals surface area contributed by atoms with Crippen LogP contribution in [0.15, 0.2) is 71.6 Å². The zero-order valence-electron chi connectivity index (χ0n) is 24.0. The van der Waals surface area contributed by atoms with E-state index < -0.39 is 28.5 Å². The molecule has 0 heterocycles. The van der Waals surface area contributed by atoms with Crippen molar-refractivity contribution in [3.05, 3.63) is 93.5 Å². The number of hydrogen-bond donors (Lipinski definition) is 1. The minimum atomic E-state index is -4.18. The highest BCUT2D eigenvalue weighted by Gasteiger charge is 2.34. The summed E-state index contributed by atoms with van der Waals surface area (Å²) in [5.41, 5.74) is 2.45. The number of hydrogen-bond acceptors (Lipinski definition) is 4. The number of aryl methyl sites for hydroxylation is 2. The number of carbonyl (C=O) groups excluding carboxylic acids is 2. The van der Waals surface area contributed by atoms with Gasteiger partial charge in [-0.25, -0.2) is 8.42 Å². The fraction of sp³-hybridized carbons (Fsp3) is 0.355. The van der Waals surface area contributed by atoms with Crippen LogP contribution in [0.2, 0.25) is 10.0 Å². The zero-order chi connectivity index (χ0) is 30.3. The van der Waals surface area contributed by atoms with Crippen molar-refractivity contribution in [2.45, 2.75) is 71.0 Å². The molecular weight excluding hydrogens is 581 g/mol. The van der Waals surface area contributed by atoms with Crippen LogP contribution < -0.4 is 9.62 Å². The van der Waals surface area contributed by atoms with E-state index in [0.717, 1.165) is 16.3 Å². The fourth-order valence-corrected chi connectivity index (χ4v) is 6.32. The van der Waals surface area contributed by atoms with Crippen molar-refractivity contribution >= 4 is 50.7 Å². The molecule has 0 saturated carbocycles. The third kappa shape index (κ3) is 8.03. The molecule has 220 valence electrons. The maximum Gasteiger partial charge on any atom is 0.264 e. The summed E-state index contributed by atoms with van der Waals surface area (Å²) in [5, 5.41) is 3.85. The van der Waals surface area contributed by atoms with Gasteiger partial charge < -0.3 is 10.2 Å². The SMILES string of the molecule is CC[C@@H](C)NC(=O)[C@@H](CC)N(Cc1ccccc1Cl)C(=O)CN(c1ccc(Cl)cc1C)S(=O)(=O)c1ccc(C)cc1. The highest BCUT2D eigenvalue weighted by Crippen LogP contribution is 2.30. The minimum absolute atomic E-state index is 0.0307. The molecule has 0 unspecified atom stereocenters. The van der Waals surface area contributed by atoms with E-state index in [1.54, 1.807) is 61.5 Å². The largest absolute Gasteiger partial charge is 0.352 e. The molecule has 0 radical (unpaired) electrons. The van der Waals surface area contributed by atoms with Crippen LogP contribution in [0.4, 0.5) is 5.69 Å². The van der Waals surface area contributed by atoms with Gasteiger partial charge in [0.05, 0.1) is 10.6 Å². The Bertz CT molecular complexity index is 1480. The molecule has 0 saturated heterocycles. The second-order valence-electron chi connectivity index (χ2n) is 10.1. The maximum absolute atomic E-state index is 14.2. The molecule has 41 heavy (non-hydrogen) atoms. The molecule has 3 aromatic rings. The van der Waals surface area contributed by atoms with Crippen molar-refractivity contribution in [3.63, 3.8) is 0 Å². The van der Waals surface area contributed by atoms with Crippen LogP contribution in [0, 0.1) is 13.8 Å². The van der Waals surface area contributed by atoms with Gasteiger partial charge in [0.15, 0.2) is 0 Å². The lowest BCUT2D eigenvalue weighted by Crippen LogP contribution is -2.53. The Morgan fingerprint density at radius 3 is 2.17 bits per heavy atom. The fourth-order valence-electron chi connectivity index (χ4n) is 4.42. The average molecular weight is 619 g/mol. The maximum atomic E-state index is 14.2. The van der Waals surface area contributed by atoms with Crippen LogP contribution in [0.3, 0.4) is 0 Å². The van der Waals surface area contributed by atoms with Gasteiger partial charge in [-0.15, -0.1) is 0 Å². The number of nitrogens with one attached hydrogen (secondary N) is 1. The average Bonchev–Trinajstić information content (AvgIpc) is 2.93. The first-order valence-electron chi connectivity index (χ1n) is 13.6. The molecule has 0 aliphatic heterocycles. The highest BCUT2D eigenvalue weighted by molar-refractivity contribution is 7.92. The van der Waals surface area contributed by atoms with Crippen LogP contribution in [0.25, 0.3) is 0 Å². The number of rotatable bonds is 12. The van der Waals surface area contributed by atoms with E-state index in [9.17, 15) is 18.0 Å². The first-order valence-corrected chi connectivity index (χ1v) is 15.8. The molecule has 7 nitrogen and oxygen atoms in total. The number of anilines is 1. The summed E-state index contributed by atoms with van der Waals surface area (Å²) in [7, 11) is -4.18. The predicted molar refractivity (Wildman–Crippen MR) is 166 cm³/mol. The second kappa shape index (κ2) is 14.2. The van der Waals surface area contributed by atoms with Crippen molar-refractivity contribution in [1.29, 1.82) is 0 Å². The van der Waals surface area contributed by atoms with Gasteiger partial charge in [0.2, 0.25) is 11.8 Å². The van der Waals surface area contributed by atoms with Crippen molar-refractivity contribution in [3.8, 4) is 0 Å². The summed E-state index contributed by atoms with van der Waals surface area (Å²) >= 11 is 12.6. The normalized spacial score (nSPS) is 12.9. The molecule has 0 spiro atoms. The van der Waals surface area contributed by atoms with E-state index in [-0.39, 0.29) is 23.4 Å². The Balaban J connectivity index is 2.10. The van der Waals surface area contributed by atoms with E-state index in [1.165, 1.54) is 17.0 Å².